The number of alkyl halides is 1. The molecule has 2 atom stereocenters. The van der Waals surface area contributed by atoms with Gasteiger partial charge in [-0.15, -0.1) is 0 Å². The van der Waals surface area contributed by atoms with Gasteiger partial charge in [0.05, 0.1) is 23.2 Å². The average molecular weight is 664 g/mol. The van der Waals surface area contributed by atoms with Crippen LogP contribution < -0.4 is 21.3 Å². The number of anilines is 3. The lowest BCUT2D eigenvalue weighted by atomic mass is 9.84. The van der Waals surface area contributed by atoms with Crippen molar-refractivity contribution in [2.45, 2.75) is 108 Å². The van der Waals surface area contributed by atoms with Crippen LogP contribution in [0.4, 0.5) is 22.0 Å². The number of halogens is 1. The highest BCUT2D eigenvalue weighted by atomic mass is 19.1. The number of nitrogens with one attached hydrogen (secondary N) is 2. The van der Waals surface area contributed by atoms with Gasteiger partial charge in [-0.25, -0.2) is 14.4 Å². The monoisotopic (exact) mass is 663 g/mol. The van der Waals surface area contributed by atoms with Gasteiger partial charge < -0.3 is 35.5 Å². The summed E-state index contributed by atoms with van der Waals surface area (Å²) in [4.78, 5) is 31.7. The van der Waals surface area contributed by atoms with Gasteiger partial charge in [0.25, 0.3) is 5.91 Å². The van der Waals surface area contributed by atoms with Crippen LogP contribution in [0.2, 0.25) is 0 Å². The summed E-state index contributed by atoms with van der Waals surface area (Å²) >= 11 is 0. The van der Waals surface area contributed by atoms with E-state index in [2.05, 4.69) is 48.9 Å². The number of piperidine rings is 2. The molecule has 0 unspecified atom stereocenters. The number of aromatic nitrogens is 4. The maximum atomic E-state index is 14.9. The van der Waals surface area contributed by atoms with E-state index in [9.17, 15) is 9.18 Å². The summed E-state index contributed by atoms with van der Waals surface area (Å²) in [6.07, 6.45) is 14.2. The first-order chi connectivity index (χ1) is 23.1. The number of carbonyl (C=O) groups excluding carboxylic acids is 1. The molecule has 3 fully saturated rings. The second-order valence-corrected chi connectivity index (χ2v) is 14.7. The summed E-state index contributed by atoms with van der Waals surface area (Å²) in [5.74, 6) is 2.43. The zero-order valence-corrected chi connectivity index (χ0v) is 29.1. The molecule has 4 N–H and O–H groups in total. The van der Waals surface area contributed by atoms with E-state index in [0.717, 1.165) is 49.3 Å². The molecule has 0 aromatic carbocycles. The van der Waals surface area contributed by atoms with Crippen molar-refractivity contribution in [2.75, 3.05) is 50.1 Å². The molecule has 11 nitrogen and oxygen atoms in total. The molecule has 0 bridgehead atoms. The Balaban J connectivity index is 1.06. The second-order valence-electron chi connectivity index (χ2n) is 14.7. The lowest BCUT2D eigenvalue weighted by Crippen LogP contribution is -2.53. The highest BCUT2D eigenvalue weighted by Gasteiger charge is 2.40. The predicted octanol–water partition coefficient (Wildman–Crippen LogP) is 5.60. The third-order valence-electron chi connectivity index (χ3n) is 11.0. The van der Waals surface area contributed by atoms with Crippen LogP contribution >= 0.6 is 0 Å². The number of nitrogens with zero attached hydrogens (tertiary/aromatic N) is 6. The van der Waals surface area contributed by atoms with Crippen LogP contribution in [0.3, 0.4) is 0 Å². The number of likely N-dealkylation sites (tertiary alicyclic amines) is 1. The number of rotatable bonds is 11. The summed E-state index contributed by atoms with van der Waals surface area (Å²) in [6, 6.07) is 4.46. The van der Waals surface area contributed by atoms with Gasteiger partial charge in [-0.1, -0.05) is 0 Å². The van der Waals surface area contributed by atoms with Gasteiger partial charge in [0.1, 0.15) is 17.8 Å². The predicted molar refractivity (Wildman–Crippen MR) is 189 cm³/mol. The molecular formula is C36H54FN9O2. The first-order valence-corrected chi connectivity index (χ1v) is 18.0. The van der Waals surface area contributed by atoms with Crippen molar-refractivity contribution in [3.8, 4) is 0 Å². The third-order valence-corrected chi connectivity index (χ3v) is 11.0. The van der Waals surface area contributed by atoms with Crippen LogP contribution in [-0.2, 0) is 4.74 Å². The molecule has 12 heteroatoms. The topological polar surface area (TPSA) is 126 Å². The summed E-state index contributed by atoms with van der Waals surface area (Å²) in [5.41, 5.74) is 6.85. The van der Waals surface area contributed by atoms with Crippen molar-refractivity contribution in [3.05, 3.63) is 36.3 Å². The van der Waals surface area contributed by atoms with Gasteiger partial charge in [0.2, 0.25) is 5.95 Å². The number of hydrogen-bond acceptors (Lipinski definition) is 9. The van der Waals surface area contributed by atoms with E-state index in [1.54, 1.807) is 32.5 Å². The molecule has 6 rings (SSSR count). The zero-order chi connectivity index (χ0) is 33.8. The fourth-order valence-electron chi connectivity index (χ4n) is 7.57. The Morgan fingerprint density at radius 1 is 1.12 bits per heavy atom. The highest BCUT2D eigenvalue weighted by molar-refractivity contribution is 6.07. The van der Waals surface area contributed by atoms with Crippen LogP contribution in [0, 0.1) is 5.92 Å². The van der Waals surface area contributed by atoms with Crippen molar-refractivity contribution in [1.82, 2.24) is 29.7 Å². The highest BCUT2D eigenvalue weighted by Crippen LogP contribution is 2.31. The van der Waals surface area contributed by atoms with E-state index < -0.39 is 11.8 Å². The molecule has 2 aliphatic heterocycles. The molecule has 5 heterocycles. The van der Waals surface area contributed by atoms with Crippen molar-refractivity contribution in [3.63, 3.8) is 0 Å². The van der Waals surface area contributed by atoms with E-state index in [1.807, 2.05) is 17.2 Å². The summed E-state index contributed by atoms with van der Waals surface area (Å²) in [5, 5.41) is 7.44. The quantitative estimate of drug-likeness (QED) is 0.241. The Labute approximate surface area is 284 Å². The Bertz CT molecular complexity index is 1530. The normalized spacial score (nSPS) is 25.9. The molecule has 0 radical (unpaired) electrons. The molecule has 2 saturated heterocycles. The molecule has 3 aliphatic rings. The number of pyridine rings is 1. The van der Waals surface area contributed by atoms with E-state index >= 15 is 0 Å². The van der Waals surface area contributed by atoms with Crippen molar-refractivity contribution in [1.29, 1.82) is 0 Å². The number of fused-ring (bicyclic) bond motifs is 1. The summed E-state index contributed by atoms with van der Waals surface area (Å²) in [6.45, 7) is 9.97. The maximum Gasteiger partial charge on any atom is 0.253 e. The van der Waals surface area contributed by atoms with E-state index in [4.69, 9.17) is 10.5 Å². The average Bonchev–Trinajstić information content (AvgIpc) is 3.47. The fraction of sp³-hybridized carbons (Fsp3) is 0.667. The zero-order valence-electron chi connectivity index (χ0n) is 29.1. The van der Waals surface area contributed by atoms with Gasteiger partial charge >= 0.3 is 0 Å². The molecule has 48 heavy (non-hydrogen) atoms. The second kappa shape index (κ2) is 15.0. The van der Waals surface area contributed by atoms with Gasteiger partial charge in [-0.3, -0.25) is 4.79 Å². The van der Waals surface area contributed by atoms with Gasteiger partial charge in [0, 0.05) is 74.9 Å². The van der Waals surface area contributed by atoms with Crippen molar-refractivity contribution >= 4 is 34.4 Å². The minimum atomic E-state index is -1.15. The van der Waals surface area contributed by atoms with Crippen LogP contribution in [0.15, 0.2) is 30.7 Å². The molecule has 1 saturated carbocycles. The Morgan fingerprint density at radius 2 is 1.90 bits per heavy atom. The summed E-state index contributed by atoms with van der Waals surface area (Å²) in [7, 11) is 1.55. The fourth-order valence-corrected chi connectivity index (χ4v) is 7.57. The summed E-state index contributed by atoms with van der Waals surface area (Å²) < 4.78 is 22.4. The van der Waals surface area contributed by atoms with Gasteiger partial charge in [-0.2, -0.15) is 4.98 Å². The molecule has 1 aliphatic carbocycles. The molecule has 3 aromatic rings. The van der Waals surface area contributed by atoms with E-state index in [-0.39, 0.29) is 24.5 Å². The largest absolute Gasteiger partial charge is 0.375 e. The van der Waals surface area contributed by atoms with Crippen LogP contribution in [0.5, 0.6) is 0 Å². The number of hydrogen-bond donors (Lipinski definition) is 3. The van der Waals surface area contributed by atoms with E-state index in [0.29, 0.717) is 42.2 Å². The van der Waals surface area contributed by atoms with Crippen LogP contribution in [-0.4, -0.2) is 94.0 Å². The smallest absolute Gasteiger partial charge is 0.253 e. The standard InChI is InChI=1S/C36H54FN9O2/c1-24(2)46-22-29(34(47)41-27-12-17-44(18-13-27)16-5-6-25-7-9-26(38)10-8-25)28-21-40-33(20-30(28)46)42-32-11-15-39-35(43-32)45-19-14-36(3,48-4)31(37)23-45/h11,15,20-22,24-27,31H,5-10,12-14,16-19,23,38H2,1-4H3,(H,41,47)(H,39,40,42,43)/t25-,26-,31-,36-/m0/s1. The Hall–Kier alpha value is -3.35. The molecule has 0 spiro atoms. The van der Waals surface area contributed by atoms with E-state index in [1.165, 1.54) is 38.5 Å². The number of amides is 1. The Kier molecular flexibility index (Phi) is 10.8. The molecule has 1 amide bonds. The number of carbonyl (C=O) groups is 1. The number of ether oxygens (including phenoxy) is 1. The van der Waals surface area contributed by atoms with Gasteiger partial charge in [-0.05, 0) is 97.1 Å². The first-order valence-electron chi connectivity index (χ1n) is 18.0. The number of nitrogens with two attached hydrogens (primary N) is 1. The SMILES string of the molecule is CO[C@@]1(C)CCN(c2nccc(Nc3cc4c(cn3)c(C(=O)NC3CCN(CCC[C@H]5CC[C@H](N)CC5)CC3)cn4C(C)C)n2)C[C@@H]1F. The van der Waals surface area contributed by atoms with Crippen LogP contribution in [0.1, 0.15) is 95.0 Å². The Morgan fingerprint density at radius 3 is 2.60 bits per heavy atom. The van der Waals surface area contributed by atoms with Gasteiger partial charge in [0.15, 0.2) is 0 Å². The lowest BCUT2D eigenvalue weighted by molar-refractivity contribution is -0.0679. The minimum absolute atomic E-state index is 0.0476. The van der Waals surface area contributed by atoms with Crippen molar-refractivity contribution in [2.24, 2.45) is 11.7 Å². The molecule has 262 valence electrons. The minimum Gasteiger partial charge on any atom is -0.375 e. The third kappa shape index (κ3) is 7.92. The number of methoxy groups -OCH3 is 1. The molecule has 3 aromatic heterocycles. The lowest BCUT2D eigenvalue weighted by Gasteiger charge is -2.41. The first kappa shape index (κ1) is 34.5. The maximum absolute atomic E-state index is 14.9. The van der Waals surface area contributed by atoms with Crippen molar-refractivity contribution < 1.29 is 13.9 Å². The van der Waals surface area contributed by atoms with Crippen LogP contribution in [0.25, 0.3) is 10.9 Å². The molecular weight excluding hydrogens is 609 g/mol.